The van der Waals surface area contributed by atoms with Gasteiger partial charge in [-0.1, -0.05) is 24.3 Å². The van der Waals surface area contributed by atoms with E-state index in [2.05, 4.69) is 23.5 Å². The average molecular weight is 311 g/mol. The molecule has 0 saturated heterocycles. The minimum atomic E-state index is 0.146. The third-order valence-electron chi connectivity index (χ3n) is 4.44. The van der Waals surface area contributed by atoms with Crippen LogP contribution in [0.3, 0.4) is 0 Å². The lowest BCUT2D eigenvalue weighted by Gasteiger charge is -2.17. The molecule has 1 heterocycles. The van der Waals surface area contributed by atoms with Gasteiger partial charge in [0, 0.05) is 17.5 Å². The Kier molecular flexibility index (Phi) is 5.26. The van der Waals surface area contributed by atoms with Crippen molar-refractivity contribution in [1.82, 2.24) is 5.32 Å². The SMILES string of the molecule is NCCCCNCCCCN1C(=O)c2cccc3cccc1c23. The van der Waals surface area contributed by atoms with Gasteiger partial charge in [-0.3, -0.25) is 4.79 Å². The van der Waals surface area contributed by atoms with Gasteiger partial charge in [-0.15, -0.1) is 0 Å². The first-order valence-corrected chi connectivity index (χ1v) is 8.57. The highest BCUT2D eigenvalue weighted by atomic mass is 16.2. The van der Waals surface area contributed by atoms with Crippen molar-refractivity contribution in [2.24, 2.45) is 5.73 Å². The lowest BCUT2D eigenvalue weighted by molar-refractivity contribution is 0.0993. The molecule has 4 heteroatoms. The number of hydrogen-bond acceptors (Lipinski definition) is 3. The predicted octanol–water partition coefficient (Wildman–Crippen LogP) is 2.91. The molecule has 0 bridgehead atoms. The van der Waals surface area contributed by atoms with E-state index in [9.17, 15) is 4.79 Å². The van der Waals surface area contributed by atoms with Crippen LogP contribution in [0.15, 0.2) is 36.4 Å². The van der Waals surface area contributed by atoms with Crippen LogP contribution in [0.25, 0.3) is 10.8 Å². The maximum Gasteiger partial charge on any atom is 0.258 e. The number of benzene rings is 2. The van der Waals surface area contributed by atoms with Crippen LogP contribution in [0.2, 0.25) is 0 Å². The Labute approximate surface area is 137 Å². The Morgan fingerprint density at radius 2 is 1.70 bits per heavy atom. The van der Waals surface area contributed by atoms with Crippen LogP contribution >= 0.6 is 0 Å². The van der Waals surface area contributed by atoms with Crippen molar-refractivity contribution in [3.8, 4) is 0 Å². The van der Waals surface area contributed by atoms with Crippen LogP contribution in [0.4, 0.5) is 5.69 Å². The summed E-state index contributed by atoms with van der Waals surface area (Å²) in [6.07, 6.45) is 4.31. The molecule has 3 rings (SSSR count). The smallest absolute Gasteiger partial charge is 0.258 e. The van der Waals surface area contributed by atoms with Crippen LogP contribution in [-0.2, 0) is 0 Å². The Morgan fingerprint density at radius 3 is 2.48 bits per heavy atom. The highest BCUT2D eigenvalue weighted by Crippen LogP contribution is 2.37. The molecule has 0 saturated carbocycles. The standard InChI is InChI=1S/C19H25N3O/c20-11-1-2-12-21-13-3-4-14-22-17-10-6-8-15-7-5-9-16(18(15)17)19(22)23/h5-10,21H,1-4,11-14,20H2. The summed E-state index contributed by atoms with van der Waals surface area (Å²) in [5, 5.41) is 5.70. The highest BCUT2D eigenvalue weighted by Gasteiger charge is 2.28. The van der Waals surface area contributed by atoms with Crippen molar-refractivity contribution in [3.05, 3.63) is 42.0 Å². The number of anilines is 1. The lowest BCUT2D eigenvalue weighted by atomic mass is 10.1. The normalized spacial score (nSPS) is 13.3. The van der Waals surface area contributed by atoms with Gasteiger partial charge in [0.05, 0.1) is 5.69 Å². The van der Waals surface area contributed by atoms with Gasteiger partial charge in [0.2, 0.25) is 0 Å². The fourth-order valence-electron chi connectivity index (χ4n) is 3.24. The van der Waals surface area contributed by atoms with E-state index in [4.69, 9.17) is 5.73 Å². The van der Waals surface area contributed by atoms with Crippen molar-refractivity contribution >= 4 is 22.4 Å². The Hall–Kier alpha value is -1.91. The zero-order valence-corrected chi connectivity index (χ0v) is 13.6. The topological polar surface area (TPSA) is 58.4 Å². The first-order valence-electron chi connectivity index (χ1n) is 8.57. The van der Waals surface area contributed by atoms with Crippen LogP contribution < -0.4 is 16.0 Å². The number of nitrogens with zero attached hydrogens (tertiary/aromatic N) is 1. The van der Waals surface area contributed by atoms with Gasteiger partial charge in [0.15, 0.2) is 0 Å². The van der Waals surface area contributed by atoms with Crippen molar-refractivity contribution in [3.63, 3.8) is 0 Å². The molecule has 1 aliphatic rings. The maximum atomic E-state index is 12.6. The van der Waals surface area contributed by atoms with E-state index >= 15 is 0 Å². The number of carbonyl (C=O) groups excluding carboxylic acids is 1. The van der Waals surface area contributed by atoms with Gasteiger partial charge in [-0.2, -0.15) is 0 Å². The van der Waals surface area contributed by atoms with Gasteiger partial charge in [-0.25, -0.2) is 0 Å². The molecule has 1 amide bonds. The van der Waals surface area contributed by atoms with E-state index in [1.54, 1.807) is 0 Å². The summed E-state index contributed by atoms with van der Waals surface area (Å²) in [6, 6.07) is 12.1. The molecule has 0 fully saturated rings. The molecule has 0 atom stereocenters. The largest absolute Gasteiger partial charge is 0.330 e. The summed E-state index contributed by atoms with van der Waals surface area (Å²) < 4.78 is 0. The van der Waals surface area contributed by atoms with Crippen molar-refractivity contribution in [2.75, 3.05) is 31.1 Å². The van der Waals surface area contributed by atoms with E-state index in [0.717, 1.165) is 73.9 Å². The third kappa shape index (κ3) is 3.38. The van der Waals surface area contributed by atoms with Crippen molar-refractivity contribution in [1.29, 1.82) is 0 Å². The van der Waals surface area contributed by atoms with Gasteiger partial charge in [0.1, 0.15) is 0 Å². The minimum Gasteiger partial charge on any atom is -0.330 e. The maximum absolute atomic E-state index is 12.6. The molecule has 4 nitrogen and oxygen atoms in total. The second-order valence-electron chi connectivity index (χ2n) is 6.09. The Morgan fingerprint density at radius 1 is 0.957 bits per heavy atom. The van der Waals surface area contributed by atoms with Gasteiger partial charge < -0.3 is 16.0 Å². The molecule has 1 aliphatic heterocycles. The molecular formula is C19H25N3O. The average Bonchev–Trinajstić information content (AvgIpc) is 2.85. The Bertz CT molecular complexity index is 678. The molecular weight excluding hydrogens is 286 g/mol. The van der Waals surface area contributed by atoms with E-state index < -0.39 is 0 Å². The highest BCUT2D eigenvalue weighted by molar-refractivity contribution is 6.24. The van der Waals surface area contributed by atoms with Gasteiger partial charge in [-0.05, 0) is 62.8 Å². The summed E-state index contributed by atoms with van der Waals surface area (Å²) in [6.45, 7) is 3.59. The number of rotatable bonds is 9. The van der Waals surface area contributed by atoms with Crippen LogP contribution in [0, 0.1) is 0 Å². The molecule has 122 valence electrons. The van der Waals surface area contributed by atoms with E-state index in [0.29, 0.717) is 0 Å². The Balaban J connectivity index is 1.53. The fraction of sp³-hybridized carbons (Fsp3) is 0.421. The first kappa shape index (κ1) is 16.0. The summed E-state index contributed by atoms with van der Waals surface area (Å²) in [4.78, 5) is 14.6. The third-order valence-corrected chi connectivity index (χ3v) is 4.44. The van der Waals surface area contributed by atoms with E-state index in [-0.39, 0.29) is 5.91 Å². The number of hydrogen-bond donors (Lipinski definition) is 2. The fourth-order valence-corrected chi connectivity index (χ4v) is 3.24. The van der Waals surface area contributed by atoms with Crippen molar-refractivity contribution in [2.45, 2.75) is 25.7 Å². The van der Waals surface area contributed by atoms with Crippen LogP contribution in [0.1, 0.15) is 36.0 Å². The molecule has 2 aromatic carbocycles. The number of amides is 1. The van der Waals surface area contributed by atoms with E-state index in [1.807, 2.05) is 23.1 Å². The molecule has 23 heavy (non-hydrogen) atoms. The van der Waals surface area contributed by atoms with Crippen LogP contribution in [0.5, 0.6) is 0 Å². The zero-order chi connectivity index (χ0) is 16.1. The molecule has 0 spiro atoms. The summed E-state index contributed by atoms with van der Waals surface area (Å²) in [5.41, 5.74) is 7.39. The zero-order valence-electron chi connectivity index (χ0n) is 13.6. The minimum absolute atomic E-state index is 0.146. The number of nitrogens with two attached hydrogens (primary N) is 1. The molecule has 3 N–H and O–H groups in total. The molecule has 0 radical (unpaired) electrons. The monoisotopic (exact) mass is 311 g/mol. The summed E-state index contributed by atoms with van der Waals surface area (Å²) in [7, 11) is 0. The van der Waals surface area contributed by atoms with Crippen LogP contribution in [-0.4, -0.2) is 32.1 Å². The molecule has 0 aliphatic carbocycles. The molecule has 0 unspecified atom stereocenters. The molecule has 2 aromatic rings. The van der Waals surface area contributed by atoms with Gasteiger partial charge in [0.25, 0.3) is 5.91 Å². The number of unbranched alkanes of at least 4 members (excludes halogenated alkanes) is 2. The van der Waals surface area contributed by atoms with Gasteiger partial charge >= 0.3 is 0 Å². The van der Waals surface area contributed by atoms with Crippen molar-refractivity contribution < 1.29 is 4.79 Å². The summed E-state index contributed by atoms with van der Waals surface area (Å²) >= 11 is 0. The quantitative estimate of drug-likeness (QED) is 0.700. The number of nitrogens with one attached hydrogen (secondary N) is 1. The molecule has 0 aromatic heterocycles. The second kappa shape index (κ2) is 7.57. The van der Waals surface area contributed by atoms with E-state index in [1.165, 1.54) is 0 Å². The summed E-state index contributed by atoms with van der Waals surface area (Å²) in [5.74, 6) is 0.146. The lowest BCUT2D eigenvalue weighted by Crippen LogP contribution is -2.28. The predicted molar refractivity (Wildman–Crippen MR) is 96.0 cm³/mol. The second-order valence-corrected chi connectivity index (χ2v) is 6.09. The number of carbonyl (C=O) groups is 1. The first-order chi connectivity index (χ1) is 11.3.